The number of nitrogens with zero attached hydrogens (tertiary/aromatic N) is 1. The SMILES string of the molecule is Cc1cc(S(=O)(=O)N2CC(=O)NC(=O)C2)ccc1CN. The van der Waals surface area contributed by atoms with Crippen molar-refractivity contribution in [3.63, 3.8) is 0 Å². The number of sulfonamides is 1. The quantitative estimate of drug-likeness (QED) is 0.703. The zero-order valence-corrected chi connectivity index (χ0v) is 11.7. The summed E-state index contributed by atoms with van der Waals surface area (Å²) in [6.07, 6.45) is 0. The smallest absolute Gasteiger partial charge is 0.244 e. The molecule has 7 nitrogen and oxygen atoms in total. The number of amides is 2. The highest BCUT2D eigenvalue weighted by atomic mass is 32.2. The Morgan fingerprint density at radius 1 is 1.25 bits per heavy atom. The maximum atomic E-state index is 12.4. The molecule has 3 N–H and O–H groups in total. The van der Waals surface area contributed by atoms with Crippen LogP contribution in [-0.2, 0) is 26.2 Å². The van der Waals surface area contributed by atoms with Gasteiger partial charge in [0.15, 0.2) is 0 Å². The first-order valence-corrected chi connectivity index (χ1v) is 7.41. The molecule has 8 heteroatoms. The van der Waals surface area contributed by atoms with Crippen molar-refractivity contribution in [1.29, 1.82) is 0 Å². The Morgan fingerprint density at radius 2 is 1.85 bits per heavy atom. The Labute approximate surface area is 116 Å². The monoisotopic (exact) mass is 297 g/mol. The normalized spacial score (nSPS) is 17.1. The molecule has 1 fully saturated rings. The highest BCUT2D eigenvalue weighted by Crippen LogP contribution is 2.20. The minimum atomic E-state index is -3.86. The first kappa shape index (κ1) is 14.6. The van der Waals surface area contributed by atoms with Gasteiger partial charge in [0.1, 0.15) is 0 Å². The first-order chi connectivity index (χ1) is 9.34. The van der Waals surface area contributed by atoms with Gasteiger partial charge >= 0.3 is 0 Å². The number of carbonyl (C=O) groups is 2. The summed E-state index contributed by atoms with van der Waals surface area (Å²) in [5.41, 5.74) is 7.13. The van der Waals surface area contributed by atoms with Gasteiger partial charge in [-0.15, -0.1) is 0 Å². The zero-order chi connectivity index (χ0) is 14.9. The third kappa shape index (κ3) is 2.72. The van der Waals surface area contributed by atoms with Crippen LogP contribution in [0.1, 0.15) is 11.1 Å². The molecule has 1 aliphatic heterocycles. The number of hydrogen-bond donors (Lipinski definition) is 2. The molecule has 2 rings (SSSR count). The molecule has 0 atom stereocenters. The Hall–Kier alpha value is -1.77. The average molecular weight is 297 g/mol. The molecule has 0 aliphatic carbocycles. The molecule has 108 valence electrons. The summed E-state index contributed by atoms with van der Waals surface area (Å²) in [6, 6.07) is 4.56. The predicted octanol–water partition coefficient (Wildman–Crippen LogP) is -0.899. The van der Waals surface area contributed by atoms with E-state index in [0.29, 0.717) is 6.54 Å². The number of piperazine rings is 1. The van der Waals surface area contributed by atoms with Gasteiger partial charge in [0.05, 0.1) is 18.0 Å². The van der Waals surface area contributed by atoms with Crippen molar-refractivity contribution >= 4 is 21.8 Å². The molecule has 1 saturated heterocycles. The van der Waals surface area contributed by atoms with Crippen molar-refractivity contribution < 1.29 is 18.0 Å². The van der Waals surface area contributed by atoms with Crippen molar-refractivity contribution in [1.82, 2.24) is 9.62 Å². The van der Waals surface area contributed by atoms with Gasteiger partial charge in [-0.1, -0.05) is 6.07 Å². The number of rotatable bonds is 3. The summed E-state index contributed by atoms with van der Waals surface area (Å²) < 4.78 is 25.7. The summed E-state index contributed by atoms with van der Waals surface area (Å²) in [4.78, 5) is 22.6. The van der Waals surface area contributed by atoms with Gasteiger partial charge in [0.2, 0.25) is 21.8 Å². The Morgan fingerprint density at radius 3 is 2.35 bits per heavy atom. The number of nitrogens with two attached hydrogens (primary N) is 1. The largest absolute Gasteiger partial charge is 0.326 e. The number of hydrogen-bond acceptors (Lipinski definition) is 5. The maximum Gasteiger partial charge on any atom is 0.244 e. The molecular formula is C12H15N3O4S. The van der Waals surface area contributed by atoms with E-state index in [1.54, 1.807) is 13.0 Å². The predicted molar refractivity (Wildman–Crippen MR) is 71.0 cm³/mol. The zero-order valence-electron chi connectivity index (χ0n) is 10.9. The standard InChI is InChI=1S/C12H15N3O4S/c1-8-4-10(3-2-9(8)5-13)20(18,19)15-6-11(16)14-12(17)7-15/h2-4H,5-7,13H2,1H3,(H,14,16,17). The topological polar surface area (TPSA) is 110 Å². The lowest BCUT2D eigenvalue weighted by Crippen LogP contribution is -2.53. The molecular weight excluding hydrogens is 282 g/mol. The summed E-state index contributed by atoms with van der Waals surface area (Å²) in [5, 5.41) is 2.06. The average Bonchev–Trinajstić information content (AvgIpc) is 2.37. The fourth-order valence-electron chi connectivity index (χ4n) is 1.99. The maximum absolute atomic E-state index is 12.4. The molecule has 0 aromatic heterocycles. The minimum Gasteiger partial charge on any atom is -0.326 e. The van der Waals surface area contributed by atoms with Gasteiger partial charge < -0.3 is 5.73 Å². The third-order valence-electron chi connectivity index (χ3n) is 3.09. The van der Waals surface area contributed by atoms with E-state index in [4.69, 9.17) is 5.73 Å². The highest BCUT2D eigenvalue weighted by Gasteiger charge is 2.32. The fourth-order valence-corrected chi connectivity index (χ4v) is 3.43. The fraction of sp³-hybridized carbons (Fsp3) is 0.333. The van der Waals surface area contributed by atoms with Crippen LogP contribution in [0, 0.1) is 6.92 Å². The van der Waals surface area contributed by atoms with Crippen molar-refractivity contribution in [2.45, 2.75) is 18.4 Å². The molecule has 2 amide bonds. The summed E-state index contributed by atoms with van der Waals surface area (Å²) in [7, 11) is -3.86. The van der Waals surface area contributed by atoms with Gasteiger partial charge in [-0.2, -0.15) is 4.31 Å². The van der Waals surface area contributed by atoms with Crippen LogP contribution in [0.5, 0.6) is 0 Å². The summed E-state index contributed by atoms with van der Waals surface area (Å²) >= 11 is 0. The van der Waals surface area contributed by atoms with Gasteiger partial charge in [0, 0.05) is 6.54 Å². The van der Waals surface area contributed by atoms with E-state index >= 15 is 0 Å². The first-order valence-electron chi connectivity index (χ1n) is 5.97. The third-order valence-corrected chi connectivity index (χ3v) is 4.88. The molecule has 0 saturated carbocycles. The van der Waals surface area contributed by atoms with Crippen LogP contribution < -0.4 is 11.1 Å². The van der Waals surface area contributed by atoms with Crippen molar-refractivity contribution in [2.75, 3.05) is 13.1 Å². The molecule has 0 bridgehead atoms. The number of aryl methyl sites for hydroxylation is 1. The van der Waals surface area contributed by atoms with E-state index < -0.39 is 21.8 Å². The van der Waals surface area contributed by atoms with Gasteiger partial charge in [0.25, 0.3) is 0 Å². The molecule has 20 heavy (non-hydrogen) atoms. The Bertz CT molecular complexity index is 653. The van der Waals surface area contributed by atoms with Gasteiger partial charge in [-0.05, 0) is 30.2 Å². The molecule has 0 spiro atoms. The highest BCUT2D eigenvalue weighted by molar-refractivity contribution is 7.89. The van der Waals surface area contributed by atoms with Crippen LogP contribution >= 0.6 is 0 Å². The number of carbonyl (C=O) groups excluding carboxylic acids is 2. The molecule has 1 aliphatic rings. The number of nitrogens with one attached hydrogen (secondary N) is 1. The van der Waals surface area contributed by atoms with E-state index in [2.05, 4.69) is 5.32 Å². The Balaban J connectivity index is 2.37. The van der Waals surface area contributed by atoms with Crippen LogP contribution in [0.4, 0.5) is 0 Å². The van der Waals surface area contributed by atoms with E-state index in [0.717, 1.165) is 15.4 Å². The Kier molecular flexibility index (Phi) is 3.89. The van der Waals surface area contributed by atoms with Crippen LogP contribution in [0.3, 0.4) is 0 Å². The van der Waals surface area contributed by atoms with Crippen molar-refractivity contribution in [3.8, 4) is 0 Å². The molecule has 1 heterocycles. The van der Waals surface area contributed by atoms with Gasteiger partial charge in [-0.3, -0.25) is 14.9 Å². The molecule has 0 unspecified atom stereocenters. The van der Waals surface area contributed by atoms with E-state index in [1.807, 2.05) is 0 Å². The number of benzene rings is 1. The summed E-state index contributed by atoms with van der Waals surface area (Å²) in [6.45, 7) is 1.36. The molecule has 1 aromatic carbocycles. The van der Waals surface area contributed by atoms with Crippen LogP contribution in [0.2, 0.25) is 0 Å². The molecule has 1 aromatic rings. The van der Waals surface area contributed by atoms with Gasteiger partial charge in [-0.25, -0.2) is 8.42 Å². The van der Waals surface area contributed by atoms with E-state index in [1.165, 1.54) is 12.1 Å². The van der Waals surface area contributed by atoms with E-state index in [9.17, 15) is 18.0 Å². The van der Waals surface area contributed by atoms with Crippen LogP contribution in [0.15, 0.2) is 23.1 Å². The number of imide groups is 1. The lowest BCUT2D eigenvalue weighted by molar-refractivity contribution is -0.134. The second-order valence-corrected chi connectivity index (χ2v) is 6.47. The van der Waals surface area contributed by atoms with E-state index in [-0.39, 0.29) is 18.0 Å². The lowest BCUT2D eigenvalue weighted by atomic mass is 10.1. The van der Waals surface area contributed by atoms with Crippen molar-refractivity contribution in [3.05, 3.63) is 29.3 Å². The molecule has 0 radical (unpaired) electrons. The van der Waals surface area contributed by atoms with Crippen LogP contribution in [0.25, 0.3) is 0 Å². The van der Waals surface area contributed by atoms with Crippen LogP contribution in [-0.4, -0.2) is 37.6 Å². The lowest BCUT2D eigenvalue weighted by Gasteiger charge is -2.25. The minimum absolute atomic E-state index is 0.0506. The second kappa shape index (κ2) is 5.31. The second-order valence-electron chi connectivity index (χ2n) is 4.54. The summed E-state index contributed by atoms with van der Waals surface area (Å²) in [5.74, 6) is -1.25. The van der Waals surface area contributed by atoms with Crippen molar-refractivity contribution in [2.24, 2.45) is 5.73 Å².